The molecule has 3 rings (SSSR count). The third kappa shape index (κ3) is 4.13. The molecule has 0 saturated heterocycles. The first kappa shape index (κ1) is 18.6. The van der Waals surface area contributed by atoms with Crippen molar-refractivity contribution in [3.8, 4) is 0 Å². The van der Waals surface area contributed by atoms with Gasteiger partial charge in [-0.3, -0.25) is 4.79 Å². The molecule has 1 aromatic heterocycles. The first-order valence-corrected chi connectivity index (χ1v) is 10.9. The molecule has 1 heterocycles. The Hall–Kier alpha value is -1.22. The van der Waals surface area contributed by atoms with Crippen LogP contribution >= 0.6 is 27.3 Å². The number of sulfonamides is 1. The van der Waals surface area contributed by atoms with Crippen molar-refractivity contribution in [1.82, 2.24) is 9.62 Å². The molecule has 1 N–H and O–H groups in total. The minimum Gasteiger partial charge on any atom is -0.351 e. The SMILES string of the molecule is CN(C)S(=O)(=O)c1ccc(CNC(=O)C2CC2c2cccc(Br)c2)s1. The van der Waals surface area contributed by atoms with Crippen molar-refractivity contribution < 1.29 is 13.2 Å². The zero-order chi connectivity index (χ0) is 18.2. The smallest absolute Gasteiger partial charge is 0.252 e. The van der Waals surface area contributed by atoms with Gasteiger partial charge >= 0.3 is 0 Å². The monoisotopic (exact) mass is 442 g/mol. The van der Waals surface area contributed by atoms with Gasteiger partial charge in [-0.05, 0) is 42.2 Å². The number of amides is 1. The number of carbonyl (C=O) groups excluding carboxylic acids is 1. The molecule has 0 aliphatic heterocycles. The molecule has 0 bridgehead atoms. The van der Waals surface area contributed by atoms with Gasteiger partial charge in [-0.2, -0.15) is 0 Å². The van der Waals surface area contributed by atoms with E-state index >= 15 is 0 Å². The van der Waals surface area contributed by atoms with Gasteiger partial charge in [-0.25, -0.2) is 12.7 Å². The number of nitrogens with one attached hydrogen (secondary N) is 1. The van der Waals surface area contributed by atoms with Gasteiger partial charge in [0.15, 0.2) is 0 Å². The van der Waals surface area contributed by atoms with Crippen molar-refractivity contribution in [2.24, 2.45) is 5.92 Å². The van der Waals surface area contributed by atoms with Crippen molar-refractivity contribution in [3.05, 3.63) is 51.3 Å². The van der Waals surface area contributed by atoms with E-state index in [0.29, 0.717) is 10.8 Å². The number of benzene rings is 1. The van der Waals surface area contributed by atoms with Crippen LogP contribution in [0.15, 0.2) is 45.1 Å². The normalized spacial score (nSPS) is 19.8. The maximum absolute atomic E-state index is 12.3. The number of nitrogens with zero attached hydrogens (tertiary/aromatic N) is 1. The lowest BCUT2D eigenvalue weighted by atomic mass is 10.1. The summed E-state index contributed by atoms with van der Waals surface area (Å²) in [5, 5.41) is 2.92. The summed E-state index contributed by atoms with van der Waals surface area (Å²) < 4.78 is 26.6. The molecule has 25 heavy (non-hydrogen) atoms. The third-order valence-corrected chi connectivity index (χ3v) is 8.07. The van der Waals surface area contributed by atoms with Gasteiger partial charge in [0.05, 0.1) is 6.54 Å². The predicted octanol–water partition coefficient (Wildman–Crippen LogP) is 3.18. The molecule has 134 valence electrons. The Balaban J connectivity index is 1.57. The van der Waals surface area contributed by atoms with Crippen LogP contribution in [-0.2, 0) is 21.4 Å². The Labute approximate surface area is 160 Å². The molecule has 5 nitrogen and oxygen atoms in total. The number of hydrogen-bond donors (Lipinski definition) is 1. The van der Waals surface area contributed by atoms with Gasteiger partial charge in [0.25, 0.3) is 10.0 Å². The summed E-state index contributed by atoms with van der Waals surface area (Å²) in [6.07, 6.45) is 0.854. The molecule has 2 aromatic rings. The van der Waals surface area contributed by atoms with Crippen LogP contribution in [0.4, 0.5) is 0 Å². The predicted molar refractivity (Wildman–Crippen MR) is 102 cm³/mol. The Morgan fingerprint density at radius 1 is 1.32 bits per heavy atom. The molecular formula is C17H19BrN2O3S2. The fraction of sp³-hybridized carbons (Fsp3) is 0.353. The second-order valence-corrected chi connectivity index (χ2v) is 10.7. The lowest BCUT2D eigenvalue weighted by Crippen LogP contribution is -2.24. The van der Waals surface area contributed by atoms with E-state index in [1.54, 1.807) is 12.1 Å². The Morgan fingerprint density at radius 3 is 2.76 bits per heavy atom. The molecule has 1 saturated carbocycles. The average molecular weight is 443 g/mol. The topological polar surface area (TPSA) is 66.5 Å². The van der Waals surface area contributed by atoms with Crippen molar-refractivity contribution in [2.75, 3.05) is 14.1 Å². The van der Waals surface area contributed by atoms with E-state index in [1.807, 2.05) is 18.2 Å². The van der Waals surface area contributed by atoms with Crippen molar-refractivity contribution in [2.45, 2.75) is 23.1 Å². The molecular weight excluding hydrogens is 424 g/mol. The molecule has 1 aliphatic rings. The molecule has 1 aliphatic carbocycles. The molecule has 1 fully saturated rings. The maximum Gasteiger partial charge on any atom is 0.252 e. The number of halogens is 1. The third-order valence-electron chi connectivity index (χ3n) is 4.21. The zero-order valence-corrected chi connectivity index (χ0v) is 17.1. The fourth-order valence-electron chi connectivity index (χ4n) is 2.67. The first-order valence-electron chi connectivity index (χ1n) is 7.83. The Bertz CT molecular complexity index is 893. The van der Waals surface area contributed by atoms with Crippen LogP contribution in [0.5, 0.6) is 0 Å². The summed E-state index contributed by atoms with van der Waals surface area (Å²) in [5.74, 6) is 0.292. The van der Waals surface area contributed by atoms with Crippen LogP contribution in [-0.4, -0.2) is 32.7 Å². The van der Waals surface area contributed by atoms with E-state index < -0.39 is 10.0 Å². The minimum absolute atomic E-state index is 0.000703. The quantitative estimate of drug-likeness (QED) is 0.746. The van der Waals surface area contributed by atoms with Gasteiger partial charge in [0.2, 0.25) is 5.91 Å². The number of rotatable bonds is 6. The molecule has 0 radical (unpaired) electrons. The van der Waals surface area contributed by atoms with Gasteiger partial charge < -0.3 is 5.32 Å². The van der Waals surface area contributed by atoms with Gasteiger partial charge in [0.1, 0.15) is 4.21 Å². The Kier molecular flexibility index (Phi) is 5.34. The summed E-state index contributed by atoms with van der Waals surface area (Å²) in [7, 11) is -0.402. The zero-order valence-electron chi connectivity index (χ0n) is 13.9. The van der Waals surface area contributed by atoms with E-state index in [-0.39, 0.29) is 17.7 Å². The van der Waals surface area contributed by atoms with Crippen LogP contribution in [0.2, 0.25) is 0 Å². The largest absolute Gasteiger partial charge is 0.351 e. The van der Waals surface area contributed by atoms with Crippen molar-refractivity contribution >= 4 is 43.2 Å². The summed E-state index contributed by atoms with van der Waals surface area (Å²) >= 11 is 4.64. The molecule has 0 spiro atoms. The van der Waals surface area contributed by atoms with Crippen molar-refractivity contribution in [3.63, 3.8) is 0 Å². The van der Waals surface area contributed by atoms with E-state index in [2.05, 4.69) is 27.3 Å². The first-order chi connectivity index (χ1) is 11.8. The lowest BCUT2D eigenvalue weighted by Gasteiger charge is -2.08. The maximum atomic E-state index is 12.3. The number of hydrogen-bond acceptors (Lipinski definition) is 4. The summed E-state index contributed by atoms with van der Waals surface area (Å²) in [6, 6.07) is 11.4. The fourth-order valence-corrected chi connectivity index (χ4v) is 5.55. The van der Waals surface area contributed by atoms with Crippen LogP contribution < -0.4 is 5.32 Å². The second kappa shape index (κ2) is 7.19. The Morgan fingerprint density at radius 2 is 2.08 bits per heavy atom. The lowest BCUT2D eigenvalue weighted by molar-refractivity contribution is -0.122. The molecule has 8 heteroatoms. The number of thiophene rings is 1. The second-order valence-electron chi connectivity index (χ2n) is 6.23. The van der Waals surface area contributed by atoms with E-state index in [0.717, 1.165) is 15.8 Å². The molecule has 1 amide bonds. The average Bonchev–Trinajstić information content (AvgIpc) is 3.22. The van der Waals surface area contributed by atoms with E-state index in [1.165, 1.54) is 35.3 Å². The van der Waals surface area contributed by atoms with Gasteiger partial charge in [0, 0.05) is 29.4 Å². The van der Waals surface area contributed by atoms with Crippen LogP contribution in [0.25, 0.3) is 0 Å². The van der Waals surface area contributed by atoms with Gasteiger partial charge in [-0.15, -0.1) is 11.3 Å². The highest BCUT2D eigenvalue weighted by molar-refractivity contribution is 9.10. The molecule has 1 aromatic carbocycles. The molecule has 2 unspecified atom stereocenters. The summed E-state index contributed by atoms with van der Waals surface area (Å²) in [5.41, 5.74) is 1.17. The highest BCUT2D eigenvalue weighted by Gasteiger charge is 2.43. The number of carbonyl (C=O) groups is 1. The highest BCUT2D eigenvalue weighted by Crippen LogP contribution is 2.48. The van der Waals surface area contributed by atoms with Crippen LogP contribution in [0, 0.1) is 5.92 Å². The minimum atomic E-state index is -3.41. The molecule has 2 atom stereocenters. The standard InChI is InChI=1S/C17H19BrN2O3S2/c1-20(2)25(22,23)16-7-6-13(24-16)10-19-17(21)15-9-14(15)11-4-3-5-12(18)8-11/h3-8,14-15H,9-10H2,1-2H3,(H,19,21). The highest BCUT2D eigenvalue weighted by atomic mass is 79.9. The van der Waals surface area contributed by atoms with Gasteiger partial charge in [-0.1, -0.05) is 28.1 Å². The van der Waals surface area contributed by atoms with E-state index in [4.69, 9.17) is 0 Å². The summed E-state index contributed by atoms with van der Waals surface area (Å²) in [4.78, 5) is 13.1. The van der Waals surface area contributed by atoms with Crippen LogP contribution in [0.3, 0.4) is 0 Å². The summed E-state index contributed by atoms with van der Waals surface area (Å²) in [6.45, 7) is 0.355. The van der Waals surface area contributed by atoms with Crippen LogP contribution in [0.1, 0.15) is 22.8 Å². The van der Waals surface area contributed by atoms with Crippen molar-refractivity contribution in [1.29, 1.82) is 0 Å². The van der Waals surface area contributed by atoms with E-state index in [9.17, 15) is 13.2 Å².